The molecule has 1 unspecified atom stereocenters. The minimum absolute atomic E-state index is 0.0333. The average Bonchev–Trinajstić information content (AvgIpc) is 3.53. The first kappa shape index (κ1) is 29.3. The van der Waals surface area contributed by atoms with Gasteiger partial charge < -0.3 is 30.5 Å². The van der Waals surface area contributed by atoms with Crippen LogP contribution >= 0.6 is 0 Å². The molecule has 4 atom stereocenters. The third-order valence-corrected chi connectivity index (χ3v) is 8.33. The number of hydrogen-bond donors (Lipinski definition) is 4. The van der Waals surface area contributed by atoms with Crippen molar-refractivity contribution in [2.45, 2.75) is 69.9 Å². The van der Waals surface area contributed by atoms with Crippen molar-refractivity contribution in [2.24, 2.45) is 0 Å². The maximum Gasteiger partial charge on any atom is 0.256 e. The Morgan fingerprint density at radius 2 is 1.74 bits per heavy atom. The highest BCUT2D eigenvalue weighted by Crippen LogP contribution is 2.33. The largest absolute Gasteiger partial charge is 0.508 e. The van der Waals surface area contributed by atoms with E-state index in [-0.39, 0.29) is 36.4 Å². The van der Waals surface area contributed by atoms with Crippen LogP contribution in [0, 0.1) is 6.92 Å². The summed E-state index contributed by atoms with van der Waals surface area (Å²) in [4.78, 5) is 42.1. The second kappa shape index (κ2) is 12.0. The predicted octanol–water partition coefficient (Wildman–Crippen LogP) is 3.17. The minimum Gasteiger partial charge on any atom is -0.508 e. The molecule has 1 aliphatic heterocycles. The highest BCUT2D eigenvalue weighted by molar-refractivity contribution is 5.97. The van der Waals surface area contributed by atoms with E-state index in [2.05, 4.69) is 16.7 Å². The second-order valence-corrected chi connectivity index (χ2v) is 11.6. The van der Waals surface area contributed by atoms with Crippen molar-refractivity contribution in [1.82, 2.24) is 15.5 Å². The first-order chi connectivity index (χ1) is 20.1. The Kier molecular flexibility index (Phi) is 8.34. The summed E-state index contributed by atoms with van der Waals surface area (Å²) in [6.07, 6.45) is 0.0966. The first-order valence-electron chi connectivity index (χ1n) is 14.2. The lowest BCUT2D eigenvalue weighted by molar-refractivity contribution is -0.147. The zero-order chi connectivity index (χ0) is 30.0. The molecule has 3 aromatic carbocycles. The van der Waals surface area contributed by atoms with Crippen LogP contribution in [0.15, 0.2) is 72.8 Å². The number of phenolic OH excluding ortho intramolecular Hbond substituents is 1. The fourth-order valence-corrected chi connectivity index (χ4v) is 5.94. The number of fused-ring (bicyclic) bond motifs is 1. The number of nitrogens with one attached hydrogen (secondary N) is 2. The van der Waals surface area contributed by atoms with E-state index < -0.39 is 35.6 Å². The molecule has 1 heterocycles. The molecule has 1 saturated heterocycles. The van der Waals surface area contributed by atoms with E-state index in [9.17, 15) is 24.6 Å². The van der Waals surface area contributed by atoms with Gasteiger partial charge in [0, 0.05) is 11.1 Å². The lowest BCUT2D eigenvalue weighted by atomic mass is 9.95. The van der Waals surface area contributed by atoms with E-state index in [0.717, 1.165) is 24.0 Å². The summed E-state index contributed by atoms with van der Waals surface area (Å²) in [5.74, 6) is -1.65. The van der Waals surface area contributed by atoms with Gasteiger partial charge in [-0.15, -0.1) is 0 Å². The Hall–Kier alpha value is -4.21. The van der Waals surface area contributed by atoms with Crippen LogP contribution in [0.25, 0.3) is 0 Å². The topological polar surface area (TPSA) is 128 Å². The summed E-state index contributed by atoms with van der Waals surface area (Å²) in [7, 11) is 0. The summed E-state index contributed by atoms with van der Waals surface area (Å²) in [6.45, 7) is 4.92. The van der Waals surface area contributed by atoms with Crippen molar-refractivity contribution >= 4 is 17.7 Å². The van der Waals surface area contributed by atoms with Gasteiger partial charge in [0.25, 0.3) is 11.8 Å². The number of phenols is 1. The van der Waals surface area contributed by atoms with Crippen molar-refractivity contribution in [3.8, 4) is 5.75 Å². The predicted molar refractivity (Wildman–Crippen MR) is 157 cm³/mol. The second-order valence-electron chi connectivity index (χ2n) is 11.6. The summed E-state index contributed by atoms with van der Waals surface area (Å²) in [5.41, 5.74) is 2.66. The van der Waals surface area contributed by atoms with Crippen LogP contribution in [-0.4, -0.2) is 63.4 Å². The summed E-state index contributed by atoms with van der Waals surface area (Å²) < 4.78 is 5.89. The van der Waals surface area contributed by atoms with Crippen molar-refractivity contribution in [1.29, 1.82) is 0 Å². The van der Waals surface area contributed by atoms with Crippen LogP contribution in [0.2, 0.25) is 0 Å². The molecule has 3 amide bonds. The van der Waals surface area contributed by atoms with Crippen LogP contribution < -0.4 is 10.6 Å². The monoisotopic (exact) mass is 571 g/mol. The quantitative estimate of drug-likeness (QED) is 0.329. The fraction of sp³-hybridized carbons (Fsp3) is 0.364. The maximum absolute atomic E-state index is 13.9. The molecule has 0 radical (unpaired) electrons. The molecule has 5 rings (SSSR count). The number of aliphatic hydroxyl groups excluding tert-OH is 1. The number of benzene rings is 3. The number of amides is 3. The number of carbonyl (C=O) groups is 3. The number of hydrogen-bond acceptors (Lipinski definition) is 6. The Morgan fingerprint density at radius 1 is 1.02 bits per heavy atom. The van der Waals surface area contributed by atoms with Crippen molar-refractivity contribution in [3.63, 3.8) is 0 Å². The molecule has 2 aliphatic rings. The molecule has 1 fully saturated rings. The number of carbonyl (C=O) groups excluding carboxylic acids is 3. The van der Waals surface area contributed by atoms with Crippen LogP contribution in [0.1, 0.15) is 58.9 Å². The van der Waals surface area contributed by atoms with Crippen molar-refractivity contribution in [2.75, 3.05) is 6.73 Å². The normalized spacial score (nSPS) is 20.4. The Balaban J connectivity index is 1.37. The summed E-state index contributed by atoms with van der Waals surface area (Å²) >= 11 is 0. The number of aromatic hydroxyl groups is 1. The van der Waals surface area contributed by atoms with Crippen molar-refractivity contribution < 1.29 is 29.3 Å². The van der Waals surface area contributed by atoms with Gasteiger partial charge in [-0.2, -0.15) is 0 Å². The van der Waals surface area contributed by atoms with Gasteiger partial charge in [0.2, 0.25) is 5.91 Å². The lowest BCUT2D eigenvalue weighted by Crippen LogP contribution is -2.59. The van der Waals surface area contributed by atoms with Crippen LogP contribution in [0.3, 0.4) is 0 Å². The van der Waals surface area contributed by atoms with E-state index in [4.69, 9.17) is 4.74 Å². The zero-order valence-electron chi connectivity index (χ0n) is 24.0. The highest BCUT2D eigenvalue weighted by atomic mass is 16.5. The van der Waals surface area contributed by atoms with Gasteiger partial charge in [0.15, 0.2) is 6.10 Å². The van der Waals surface area contributed by atoms with Gasteiger partial charge in [-0.05, 0) is 68.9 Å². The van der Waals surface area contributed by atoms with Crippen LogP contribution in [-0.2, 0) is 27.2 Å². The third-order valence-electron chi connectivity index (χ3n) is 8.33. The first-order valence-corrected chi connectivity index (χ1v) is 14.2. The molecule has 3 aromatic rings. The molecule has 220 valence electrons. The summed E-state index contributed by atoms with van der Waals surface area (Å²) in [6, 6.07) is 19.6. The Labute approximate surface area is 245 Å². The molecule has 0 bridgehead atoms. The van der Waals surface area contributed by atoms with Gasteiger partial charge in [0.05, 0.1) is 17.7 Å². The molecule has 0 aromatic heterocycles. The van der Waals surface area contributed by atoms with Gasteiger partial charge in [0.1, 0.15) is 18.5 Å². The SMILES string of the molecule is Cc1c(O)cccc1C(=O)N[C@@H](Cc1ccccc1)[C@H](O)C(=O)N1COC(C)(C)[C@H]1C(=O)NC1CCc2ccccc21. The molecule has 1 aliphatic carbocycles. The summed E-state index contributed by atoms with van der Waals surface area (Å²) in [5, 5.41) is 27.5. The maximum atomic E-state index is 13.9. The molecular weight excluding hydrogens is 534 g/mol. The Bertz CT molecular complexity index is 1470. The molecule has 0 saturated carbocycles. The van der Waals surface area contributed by atoms with Gasteiger partial charge >= 0.3 is 0 Å². The van der Waals surface area contributed by atoms with Gasteiger partial charge in [-0.1, -0.05) is 60.7 Å². The van der Waals surface area contributed by atoms with E-state index in [1.165, 1.54) is 16.5 Å². The lowest BCUT2D eigenvalue weighted by Gasteiger charge is -2.33. The molecule has 9 heteroatoms. The van der Waals surface area contributed by atoms with E-state index in [1.807, 2.05) is 48.5 Å². The molecule has 0 spiro atoms. The number of rotatable bonds is 8. The van der Waals surface area contributed by atoms with Gasteiger partial charge in [-0.3, -0.25) is 14.4 Å². The standard InChI is InChI=1S/C33H37N3O6/c1-20-23(14-9-15-27(20)37)30(39)35-26(18-21-10-5-4-6-11-21)28(38)32(41)36-19-42-33(2,3)29(36)31(40)34-25-17-16-22-12-7-8-13-24(22)25/h4-15,25-26,28-29,37-38H,16-19H2,1-3H3,(H,34,40)(H,35,39)/t25?,26-,28-,29+/m0/s1. The highest BCUT2D eigenvalue weighted by Gasteiger charge is 2.51. The average molecular weight is 572 g/mol. The van der Waals surface area contributed by atoms with E-state index in [1.54, 1.807) is 32.9 Å². The molecular formula is C33H37N3O6. The van der Waals surface area contributed by atoms with Crippen LogP contribution in [0.4, 0.5) is 0 Å². The number of aryl methyl sites for hydroxylation is 1. The smallest absolute Gasteiger partial charge is 0.256 e. The number of ether oxygens (including phenoxy) is 1. The van der Waals surface area contributed by atoms with E-state index >= 15 is 0 Å². The molecule has 42 heavy (non-hydrogen) atoms. The number of nitrogens with zero attached hydrogens (tertiary/aromatic N) is 1. The van der Waals surface area contributed by atoms with Crippen LogP contribution in [0.5, 0.6) is 5.75 Å². The molecule has 4 N–H and O–H groups in total. The van der Waals surface area contributed by atoms with Gasteiger partial charge in [-0.25, -0.2) is 0 Å². The minimum atomic E-state index is -1.67. The van der Waals surface area contributed by atoms with E-state index in [0.29, 0.717) is 5.56 Å². The zero-order valence-corrected chi connectivity index (χ0v) is 24.0. The third kappa shape index (κ3) is 5.89. The Morgan fingerprint density at radius 3 is 2.50 bits per heavy atom. The number of aliphatic hydroxyl groups is 1. The molecule has 9 nitrogen and oxygen atoms in total. The van der Waals surface area contributed by atoms with Crippen molar-refractivity contribution in [3.05, 3.63) is 101 Å². The fourth-order valence-electron chi connectivity index (χ4n) is 5.94.